The quantitative estimate of drug-likeness (QED) is 0.214. The smallest absolute Gasteiger partial charge is 0.137 e. The molecule has 1 fully saturated rings. The van der Waals surface area contributed by atoms with E-state index in [0.717, 1.165) is 75.3 Å². The van der Waals surface area contributed by atoms with Crippen LogP contribution in [0.4, 0.5) is 11.5 Å². The third kappa shape index (κ3) is 4.78. The molecule has 0 bridgehead atoms. The van der Waals surface area contributed by atoms with Crippen LogP contribution in [0.5, 0.6) is 0 Å². The predicted octanol–water partition coefficient (Wildman–Crippen LogP) is 7.15. The highest BCUT2D eigenvalue weighted by Gasteiger charge is 2.18. The van der Waals surface area contributed by atoms with Crippen molar-refractivity contribution in [2.75, 3.05) is 23.3 Å². The second-order valence-corrected chi connectivity index (χ2v) is 10.3. The fraction of sp³-hybridized carbons (Fsp3) is 0.367. The van der Waals surface area contributed by atoms with Crippen LogP contribution in [-0.2, 0) is 0 Å². The maximum absolute atomic E-state index is 4.75. The van der Waals surface area contributed by atoms with Crippen LogP contribution in [0, 0.1) is 0 Å². The van der Waals surface area contributed by atoms with Crippen molar-refractivity contribution >= 4 is 33.3 Å². The summed E-state index contributed by atoms with van der Waals surface area (Å²) < 4.78 is 0. The van der Waals surface area contributed by atoms with E-state index >= 15 is 0 Å². The summed E-state index contributed by atoms with van der Waals surface area (Å²) in [4.78, 5) is 15.3. The molecule has 3 N–H and O–H groups in total. The average Bonchev–Trinajstić information content (AvgIpc) is 3.56. The summed E-state index contributed by atoms with van der Waals surface area (Å²) >= 11 is 0. The van der Waals surface area contributed by atoms with Crippen molar-refractivity contribution in [3.63, 3.8) is 0 Å². The molecule has 1 aliphatic heterocycles. The zero-order valence-electron chi connectivity index (χ0n) is 21.7. The number of anilines is 2. The van der Waals surface area contributed by atoms with Crippen molar-refractivity contribution in [3.8, 4) is 22.5 Å². The first-order valence-electron chi connectivity index (χ1n) is 13.6. The second kappa shape index (κ2) is 10.2. The number of H-pyrrole nitrogens is 2. The van der Waals surface area contributed by atoms with Gasteiger partial charge in [-0.15, -0.1) is 0 Å². The lowest BCUT2D eigenvalue weighted by molar-refractivity contribution is 0.575. The summed E-state index contributed by atoms with van der Waals surface area (Å²) in [5, 5.41) is 13.8. The highest BCUT2D eigenvalue weighted by molar-refractivity contribution is 6.00. The first kappa shape index (κ1) is 23.5. The van der Waals surface area contributed by atoms with Gasteiger partial charge in [-0.05, 0) is 68.5 Å². The van der Waals surface area contributed by atoms with Gasteiger partial charge in [-0.3, -0.25) is 10.1 Å². The van der Waals surface area contributed by atoms with Crippen LogP contribution in [0.1, 0.15) is 52.4 Å². The van der Waals surface area contributed by atoms with Crippen molar-refractivity contribution < 1.29 is 0 Å². The van der Waals surface area contributed by atoms with Gasteiger partial charge in [0.25, 0.3) is 0 Å². The molecule has 1 atom stereocenters. The molecule has 0 radical (unpaired) electrons. The van der Waals surface area contributed by atoms with Gasteiger partial charge in [0.05, 0.1) is 22.4 Å². The van der Waals surface area contributed by atoms with E-state index in [9.17, 15) is 0 Å². The number of benzene rings is 1. The summed E-state index contributed by atoms with van der Waals surface area (Å²) in [6, 6.07) is 13.3. The van der Waals surface area contributed by atoms with E-state index < -0.39 is 0 Å². The normalized spacial score (nSPS) is 14.9. The lowest BCUT2D eigenvalue weighted by atomic mass is 10.0. The lowest BCUT2D eigenvalue weighted by Gasteiger charge is -2.28. The molecule has 0 amide bonds. The van der Waals surface area contributed by atoms with Gasteiger partial charge >= 0.3 is 0 Å². The number of hydrogen-bond acceptors (Lipinski definition) is 5. The van der Waals surface area contributed by atoms with Crippen LogP contribution in [0.2, 0.25) is 0 Å². The molecule has 7 heteroatoms. The van der Waals surface area contributed by atoms with Crippen LogP contribution in [-0.4, -0.2) is 44.3 Å². The molecular weight excluding hydrogens is 458 g/mol. The summed E-state index contributed by atoms with van der Waals surface area (Å²) in [6.45, 7) is 6.61. The van der Waals surface area contributed by atoms with Crippen molar-refractivity contribution in [1.29, 1.82) is 0 Å². The van der Waals surface area contributed by atoms with Gasteiger partial charge in [0.1, 0.15) is 11.5 Å². The van der Waals surface area contributed by atoms with E-state index in [1.807, 2.05) is 18.6 Å². The minimum atomic E-state index is 0.422. The third-order valence-corrected chi connectivity index (χ3v) is 7.48. The van der Waals surface area contributed by atoms with Gasteiger partial charge in [0.2, 0.25) is 0 Å². The van der Waals surface area contributed by atoms with Crippen LogP contribution in [0.3, 0.4) is 0 Å². The molecule has 1 saturated heterocycles. The number of piperidine rings is 1. The zero-order chi connectivity index (χ0) is 25.2. The highest BCUT2D eigenvalue weighted by atomic mass is 15.2. The number of aromatic nitrogens is 5. The topological polar surface area (TPSA) is 85.5 Å². The summed E-state index contributed by atoms with van der Waals surface area (Å²) in [6.07, 6.45) is 13.1. The molecule has 0 aliphatic carbocycles. The first-order chi connectivity index (χ1) is 18.2. The molecule has 5 heterocycles. The van der Waals surface area contributed by atoms with Crippen LogP contribution >= 0.6 is 0 Å². The zero-order valence-corrected chi connectivity index (χ0v) is 21.7. The van der Waals surface area contributed by atoms with Gasteiger partial charge in [0.15, 0.2) is 0 Å². The monoisotopic (exact) mass is 493 g/mol. The predicted molar refractivity (Wildman–Crippen MR) is 153 cm³/mol. The number of rotatable bonds is 8. The second-order valence-electron chi connectivity index (χ2n) is 10.3. The van der Waals surface area contributed by atoms with Gasteiger partial charge in [0, 0.05) is 54.1 Å². The average molecular weight is 494 g/mol. The number of aromatic amines is 2. The minimum Gasteiger partial charge on any atom is -0.381 e. The molecule has 4 aromatic heterocycles. The molecule has 190 valence electrons. The van der Waals surface area contributed by atoms with Crippen molar-refractivity contribution in [2.24, 2.45) is 0 Å². The first-order valence-corrected chi connectivity index (χ1v) is 13.6. The Morgan fingerprint density at radius 3 is 2.73 bits per heavy atom. The van der Waals surface area contributed by atoms with E-state index in [4.69, 9.17) is 10.1 Å². The van der Waals surface area contributed by atoms with Gasteiger partial charge in [-0.1, -0.05) is 25.8 Å². The molecule has 5 aromatic rings. The van der Waals surface area contributed by atoms with E-state index in [-0.39, 0.29) is 0 Å². The molecule has 1 aliphatic rings. The van der Waals surface area contributed by atoms with E-state index in [2.05, 4.69) is 75.5 Å². The Labute approximate surface area is 217 Å². The van der Waals surface area contributed by atoms with E-state index in [0.29, 0.717) is 6.04 Å². The fourth-order valence-corrected chi connectivity index (χ4v) is 5.47. The minimum absolute atomic E-state index is 0.422. The molecule has 1 unspecified atom stereocenters. The maximum atomic E-state index is 4.75. The molecular formula is C30H35N7. The number of unbranched alkanes of at least 4 members (excludes halogenated alkanes) is 1. The molecule has 0 spiro atoms. The Hall–Kier alpha value is -3.87. The third-order valence-electron chi connectivity index (χ3n) is 7.48. The maximum Gasteiger partial charge on any atom is 0.137 e. The Balaban J connectivity index is 1.33. The molecule has 7 nitrogen and oxygen atoms in total. The Bertz CT molecular complexity index is 1510. The standard InChI is InChI=1S/C30H35N7/c1-3-4-8-20(2)33-23-15-22(18-31-19-23)21-9-10-27-24(16-21)29(36-35-27)28-17-25-26(34-28)11-12-32-30(25)37-13-6-5-7-14-37/h9-12,15-20,33-34H,3-8,13-14H2,1-2H3,(H,35,36). The SMILES string of the molecule is CCCCC(C)Nc1cncc(-c2ccc3[nH]nc(-c4cc5c(N6CCCCC6)nccc5[nH]4)c3c2)c1. The Morgan fingerprint density at radius 2 is 1.86 bits per heavy atom. The van der Waals surface area contributed by atoms with Crippen LogP contribution in [0.25, 0.3) is 44.3 Å². The summed E-state index contributed by atoms with van der Waals surface area (Å²) in [5.74, 6) is 1.07. The van der Waals surface area contributed by atoms with Crippen molar-refractivity contribution in [3.05, 3.63) is 55.0 Å². The number of fused-ring (bicyclic) bond motifs is 2. The van der Waals surface area contributed by atoms with Gasteiger partial charge in [-0.2, -0.15) is 5.10 Å². The highest BCUT2D eigenvalue weighted by Crippen LogP contribution is 2.35. The number of hydrogen-bond donors (Lipinski definition) is 3. The van der Waals surface area contributed by atoms with Crippen molar-refractivity contribution in [2.45, 2.75) is 58.4 Å². The van der Waals surface area contributed by atoms with Gasteiger partial charge < -0.3 is 15.2 Å². The largest absolute Gasteiger partial charge is 0.381 e. The Kier molecular flexibility index (Phi) is 6.51. The summed E-state index contributed by atoms with van der Waals surface area (Å²) in [5.41, 5.74) is 7.31. The van der Waals surface area contributed by atoms with Crippen LogP contribution in [0.15, 0.2) is 55.0 Å². The lowest BCUT2D eigenvalue weighted by Crippen LogP contribution is -2.30. The fourth-order valence-electron chi connectivity index (χ4n) is 5.47. The molecule has 6 rings (SSSR count). The van der Waals surface area contributed by atoms with E-state index in [1.54, 1.807) is 0 Å². The van der Waals surface area contributed by atoms with E-state index in [1.165, 1.54) is 32.1 Å². The summed E-state index contributed by atoms with van der Waals surface area (Å²) in [7, 11) is 0. The van der Waals surface area contributed by atoms with Crippen LogP contribution < -0.4 is 10.2 Å². The molecule has 1 aromatic carbocycles. The van der Waals surface area contributed by atoms with Crippen molar-refractivity contribution in [1.82, 2.24) is 25.1 Å². The molecule has 37 heavy (non-hydrogen) atoms. The molecule has 0 saturated carbocycles. The van der Waals surface area contributed by atoms with Gasteiger partial charge in [-0.25, -0.2) is 4.98 Å². The Morgan fingerprint density at radius 1 is 0.973 bits per heavy atom. The number of nitrogens with one attached hydrogen (secondary N) is 3. The number of pyridine rings is 2. The number of nitrogens with zero attached hydrogens (tertiary/aromatic N) is 4.